The highest BCUT2D eigenvalue weighted by Gasteiger charge is 1.95. The number of benzene rings is 1. The van der Waals surface area contributed by atoms with Crippen LogP contribution < -0.4 is 0 Å². The van der Waals surface area contributed by atoms with Gasteiger partial charge in [0.25, 0.3) is 0 Å². The molecule has 0 amide bonds. The molecular formula is C9H12S2. The predicted octanol–water partition coefficient (Wildman–Crippen LogP) is 3.76. The Morgan fingerprint density at radius 3 is 2.64 bits per heavy atom. The molecule has 1 aromatic rings. The van der Waals surface area contributed by atoms with Crippen molar-refractivity contribution in [3.8, 4) is 0 Å². The molecule has 0 aliphatic rings. The summed E-state index contributed by atoms with van der Waals surface area (Å²) in [6.45, 7) is 4.33. The van der Waals surface area contributed by atoms with E-state index in [0.29, 0.717) is 0 Å². The van der Waals surface area contributed by atoms with Gasteiger partial charge in [-0.15, -0.1) is 0 Å². The van der Waals surface area contributed by atoms with Gasteiger partial charge < -0.3 is 0 Å². The molecule has 0 heterocycles. The number of aryl methyl sites for hydroxylation is 1. The molecule has 0 radical (unpaired) electrons. The highest BCUT2D eigenvalue weighted by Crippen LogP contribution is 2.32. The highest BCUT2D eigenvalue weighted by atomic mass is 33.1. The molecule has 0 nitrogen and oxygen atoms in total. The van der Waals surface area contributed by atoms with Gasteiger partial charge in [0.05, 0.1) is 0 Å². The minimum atomic E-state index is 1.17. The van der Waals surface area contributed by atoms with Crippen LogP contribution in [-0.4, -0.2) is 5.75 Å². The average molecular weight is 184 g/mol. The lowest BCUT2D eigenvalue weighted by molar-refractivity contribution is 1.31. The fourth-order valence-electron chi connectivity index (χ4n) is 0.772. The van der Waals surface area contributed by atoms with E-state index in [-0.39, 0.29) is 0 Å². The van der Waals surface area contributed by atoms with Crippen molar-refractivity contribution in [1.82, 2.24) is 0 Å². The molecule has 1 aromatic carbocycles. The van der Waals surface area contributed by atoms with Crippen molar-refractivity contribution in [3.63, 3.8) is 0 Å². The van der Waals surface area contributed by atoms with Gasteiger partial charge in [0, 0.05) is 10.6 Å². The van der Waals surface area contributed by atoms with E-state index in [1.54, 1.807) is 0 Å². The molecule has 0 aliphatic heterocycles. The van der Waals surface area contributed by atoms with E-state index in [0.717, 1.165) is 0 Å². The molecule has 2 heteroatoms. The van der Waals surface area contributed by atoms with E-state index in [1.807, 2.05) is 21.6 Å². The van der Waals surface area contributed by atoms with Crippen LogP contribution in [0.3, 0.4) is 0 Å². The molecule has 0 spiro atoms. The molecule has 0 saturated heterocycles. The van der Waals surface area contributed by atoms with Crippen LogP contribution in [0.15, 0.2) is 29.2 Å². The van der Waals surface area contributed by atoms with Gasteiger partial charge in [-0.05, 0) is 18.6 Å². The van der Waals surface area contributed by atoms with Crippen LogP contribution >= 0.6 is 21.6 Å². The Balaban J connectivity index is 2.62. The lowest BCUT2D eigenvalue weighted by Crippen LogP contribution is -1.74. The first-order valence-electron chi connectivity index (χ1n) is 3.69. The molecule has 11 heavy (non-hydrogen) atoms. The summed E-state index contributed by atoms with van der Waals surface area (Å²) < 4.78 is 0. The van der Waals surface area contributed by atoms with Crippen LogP contribution in [0, 0.1) is 6.92 Å². The largest absolute Gasteiger partial charge is 0.0892 e. The van der Waals surface area contributed by atoms with Gasteiger partial charge in [-0.25, -0.2) is 0 Å². The normalized spacial score (nSPS) is 10.0. The summed E-state index contributed by atoms with van der Waals surface area (Å²) in [5.41, 5.74) is 1.37. The van der Waals surface area contributed by atoms with Crippen LogP contribution in [-0.2, 0) is 0 Å². The molecule has 0 aliphatic carbocycles. The summed E-state index contributed by atoms with van der Waals surface area (Å²) >= 11 is 0. The maximum Gasteiger partial charge on any atom is 0.0212 e. The Bertz CT molecular complexity index is 221. The zero-order valence-corrected chi connectivity index (χ0v) is 8.47. The summed E-state index contributed by atoms with van der Waals surface area (Å²) in [5.74, 6) is 1.17. The van der Waals surface area contributed by atoms with Crippen molar-refractivity contribution < 1.29 is 0 Å². The van der Waals surface area contributed by atoms with Crippen molar-refractivity contribution in [2.45, 2.75) is 18.7 Å². The first kappa shape index (κ1) is 9.01. The number of hydrogen-bond donors (Lipinski definition) is 0. The smallest absolute Gasteiger partial charge is 0.0212 e. The summed E-state index contributed by atoms with van der Waals surface area (Å²) in [6.07, 6.45) is 0. The second-order valence-electron chi connectivity index (χ2n) is 2.26. The van der Waals surface area contributed by atoms with E-state index in [4.69, 9.17) is 0 Å². The minimum Gasteiger partial charge on any atom is -0.0892 e. The van der Waals surface area contributed by atoms with E-state index < -0.39 is 0 Å². The van der Waals surface area contributed by atoms with Crippen LogP contribution in [0.1, 0.15) is 12.5 Å². The van der Waals surface area contributed by atoms with Crippen LogP contribution in [0.25, 0.3) is 0 Å². The Kier molecular flexibility index (Phi) is 3.87. The Morgan fingerprint density at radius 2 is 2.00 bits per heavy atom. The van der Waals surface area contributed by atoms with E-state index in [1.165, 1.54) is 16.2 Å². The van der Waals surface area contributed by atoms with E-state index in [9.17, 15) is 0 Å². The van der Waals surface area contributed by atoms with Gasteiger partial charge in [0.2, 0.25) is 0 Å². The molecule has 60 valence electrons. The minimum absolute atomic E-state index is 1.17. The first-order valence-corrected chi connectivity index (χ1v) is 6.01. The topological polar surface area (TPSA) is 0 Å². The Labute approximate surface area is 76.2 Å². The van der Waals surface area contributed by atoms with Gasteiger partial charge in [0.15, 0.2) is 0 Å². The lowest BCUT2D eigenvalue weighted by Gasteiger charge is -2.01. The standard InChI is InChI=1S/C9H12S2/c1-3-10-11-9-7-5-4-6-8(9)2/h4-7H,3H2,1-2H3. The van der Waals surface area contributed by atoms with Crippen molar-refractivity contribution in [3.05, 3.63) is 29.8 Å². The third kappa shape index (κ3) is 2.80. The van der Waals surface area contributed by atoms with Crippen molar-refractivity contribution in [1.29, 1.82) is 0 Å². The molecule has 0 aromatic heterocycles. The molecular weight excluding hydrogens is 172 g/mol. The number of rotatable bonds is 3. The van der Waals surface area contributed by atoms with E-state index in [2.05, 4.69) is 38.1 Å². The second-order valence-corrected chi connectivity index (χ2v) is 4.88. The summed E-state index contributed by atoms with van der Waals surface area (Å²) in [5, 5.41) is 0. The predicted molar refractivity (Wildman–Crippen MR) is 55.2 cm³/mol. The lowest BCUT2D eigenvalue weighted by atomic mass is 10.2. The molecule has 0 saturated carbocycles. The van der Waals surface area contributed by atoms with Crippen molar-refractivity contribution >= 4 is 21.6 Å². The molecule has 0 bridgehead atoms. The molecule has 0 fully saturated rings. The van der Waals surface area contributed by atoms with Crippen LogP contribution in [0.2, 0.25) is 0 Å². The maximum atomic E-state index is 2.18. The van der Waals surface area contributed by atoms with Crippen molar-refractivity contribution in [2.75, 3.05) is 5.75 Å². The summed E-state index contributed by atoms with van der Waals surface area (Å²) in [7, 11) is 3.76. The fourth-order valence-corrected chi connectivity index (χ4v) is 2.65. The summed E-state index contributed by atoms with van der Waals surface area (Å²) in [4.78, 5) is 1.39. The average Bonchev–Trinajstić information content (AvgIpc) is 2.03. The molecule has 1 rings (SSSR count). The zero-order valence-electron chi connectivity index (χ0n) is 6.83. The van der Waals surface area contributed by atoms with Crippen molar-refractivity contribution in [2.24, 2.45) is 0 Å². The van der Waals surface area contributed by atoms with Gasteiger partial charge >= 0.3 is 0 Å². The highest BCUT2D eigenvalue weighted by molar-refractivity contribution is 8.76. The SMILES string of the molecule is CCSSc1ccccc1C. The third-order valence-corrected chi connectivity index (χ3v) is 3.95. The maximum absolute atomic E-state index is 2.18. The van der Waals surface area contributed by atoms with Gasteiger partial charge in [-0.1, -0.05) is 46.7 Å². The van der Waals surface area contributed by atoms with Crippen LogP contribution in [0.5, 0.6) is 0 Å². The molecule has 0 N–H and O–H groups in total. The fraction of sp³-hybridized carbons (Fsp3) is 0.333. The van der Waals surface area contributed by atoms with Gasteiger partial charge in [0.1, 0.15) is 0 Å². The monoisotopic (exact) mass is 184 g/mol. The zero-order chi connectivity index (χ0) is 8.10. The number of hydrogen-bond acceptors (Lipinski definition) is 2. The Hall–Kier alpha value is -0.0800. The van der Waals surface area contributed by atoms with E-state index >= 15 is 0 Å². The quantitative estimate of drug-likeness (QED) is 0.656. The second kappa shape index (κ2) is 4.73. The van der Waals surface area contributed by atoms with Gasteiger partial charge in [-0.3, -0.25) is 0 Å². The van der Waals surface area contributed by atoms with Crippen LogP contribution in [0.4, 0.5) is 0 Å². The third-order valence-electron chi connectivity index (χ3n) is 1.36. The molecule has 0 atom stereocenters. The van der Waals surface area contributed by atoms with Gasteiger partial charge in [-0.2, -0.15) is 0 Å². The molecule has 0 unspecified atom stereocenters. The Morgan fingerprint density at radius 1 is 1.27 bits per heavy atom. The first-order chi connectivity index (χ1) is 5.34. The summed E-state index contributed by atoms with van der Waals surface area (Å²) in [6, 6.07) is 8.49.